The third kappa shape index (κ3) is 2.88. The van der Waals surface area contributed by atoms with Crippen LogP contribution >= 0.6 is 0 Å². The van der Waals surface area contributed by atoms with Crippen LogP contribution in [0.1, 0.15) is 28.2 Å². The Morgan fingerprint density at radius 2 is 2.09 bits per heavy atom. The number of hydrogen-bond acceptors (Lipinski definition) is 4. The quantitative estimate of drug-likeness (QED) is 0.508. The first-order valence-electron chi connectivity index (χ1n) is 10.6. The summed E-state index contributed by atoms with van der Waals surface area (Å²) in [5.74, 6) is -0.707. The van der Waals surface area contributed by atoms with Crippen LogP contribution in [0.25, 0.3) is 16.6 Å². The zero-order valence-corrected chi connectivity index (χ0v) is 17.3. The Morgan fingerprint density at radius 3 is 2.91 bits per heavy atom. The molecule has 6 nitrogen and oxygen atoms in total. The molecule has 6 rings (SSSR count). The van der Waals surface area contributed by atoms with E-state index in [2.05, 4.69) is 10.1 Å². The first-order chi connectivity index (χ1) is 15.5. The van der Waals surface area contributed by atoms with Gasteiger partial charge < -0.3 is 9.84 Å². The number of carboxylic acid groups (broad SMARTS) is 1. The lowest BCUT2D eigenvalue weighted by molar-refractivity contribution is -0.139. The summed E-state index contributed by atoms with van der Waals surface area (Å²) < 4.78 is 22.3. The second-order valence-electron chi connectivity index (χ2n) is 8.61. The molecular weight excluding hydrogens is 409 g/mol. The molecule has 0 amide bonds. The molecule has 4 aromatic rings. The maximum Gasteiger partial charge on any atom is 0.307 e. The smallest absolute Gasteiger partial charge is 0.307 e. The van der Waals surface area contributed by atoms with Crippen LogP contribution in [0.15, 0.2) is 54.9 Å². The summed E-state index contributed by atoms with van der Waals surface area (Å²) in [5, 5.41) is 14.4. The van der Waals surface area contributed by atoms with E-state index in [1.807, 2.05) is 41.9 Å². The molecular formula is C25H20FN3O3. The van der Waals surface area contributed by atoms with Crippen molar-refractivity contribution in [3.05, 3.63) is 82.9 Å². The van der Waals surface area contributed by atoms with Gasteiger partial charge in [-0.15, -0.1) is 0 Å². The number of halogens is 1. The number of hydrogen-bond donors (Lipinski definition) is 1. The van der Waals surface area contributed by atoms with Crippen molar-refractivity contribution < 1.29 is 19.0 Å². The standard InChI is InChI=1S/C25H20FN3O3/c1-13-4-2-3-5-20(13)29-21-8-16(19(26)7-15(21)10-28-29)12-32-22-9-14-6-17-23(18(14)11-27-22)24(17)25(30)31/h2-5,7-11,17,23-24H,6,12H2,1H3,(H,30,31)/t17-,23-,24+/m1/s1. The minimum Gasteiger partial charge on any atom is -0.481 e. The van der Waals surface area contributed by atoms with E-state index in [0.29, 0.717) is 11.4 Å². The van der Waals surface area contributed by atoms with Crippen LogP contribution < -0.4 is 4.74 Å². The maximum absolute atomic E-state index is 14.7. The molecule has 0 unspecified atom stereocenters. The number of aromatic nitrogens is 3. The Bertz CT molecular complexity index is 1400. The fourth-order valence-electron chi connectivity index (χ4n) is 5.03. The van der Waals surface area contributed by atoms with Crippen molar-refractivity contribution in [2.75, 3.05) is 0 Å². The van der Waals surface area contributed by atoms with Crippen molar-refractivity contribution in [3.8, 4) is 11.6 Å². The Hall–Kier alpha value is -3.74. The van der Waals surface area contributed by atoms with E-state index in [-0.39, 0.29) is 30.2 Å². The Kier molecular flexibility index (Phi) is 4.08. The third-order valence-electron chi connectivity index (χ3n) is 6.72. The number of ether oxygens (including phenoxy) is 1. The molecule has 2 aliphatic carbocycles. The van der Waals surface area contributed by atoms with Crippen LogP contribution in [0.5, 0.6) is 5.88 Å². The molecule has 1 saturated carbocycles. The molecule has 1 N–H and O–H groups in total. The van der Waals surface area contributed by atoms with Crippen LogP contribution in [-0.2, 0) is 17.8 Å². The normalized spacial score (nSPS) is 20.8. The highest BCUT2D eigenvalue weighted by molar-refractivity contribution is 5.81. The number of carboxylic acids is 1. The summed E-state index contributed by atoms with van der Waals surface area (Å²) in [7, 11) is 0. The topological polar surface area (TPSA) is 77.2 Å². The molecule has 0 radical (unpaired) electrons. The number of carbonyl (C=O) groups is 1. The van der Waals surface area contributed by atoms with E-state index < -0.39 is 5.97 Å². The zero-order chi connectivity index (χ0) is 22.0. The van der Waals surface area contributed by atoms with Crippen molar-refractivity contribution in [1.82, 2.24) is 14.8 Å². The fraction of sp³-hybridized carbons (Fsp3) is 0.240. The molecule has 2 heterocycles. The lowest BCUT2D eigenvalue weighted by Crippen LogP contribution is -2.06. The Balaban J connectivity index is 1.26. The minimum atomic E-state index is -0.734. The highest BCUT2D eigenvalue weighted by atomic mass is 19.1. The number of para-hydroxylation sites is 1. The first-order valence-corrected chi connectivity index (χ1v) is 10.6. The van der Waals surface area contributed by atoms with Gasteiger partial charge in [0, 0.05) is 29.1 Å². The van der Waals surface area contributed by atoms with Gasteiger partial charge in [0.05, 0.1) is 23.3 Å². The van der Waals surface area contributed by atoms with Gasteiger partial charge in [0.25, 0.3) is 0 Å². The van der Waals surface area contributed by atoms with E-state index in [0.717, 1.165) is 39.7 Å². The molecule has 0 spiro atoms. The van der Waals surface area contributed by atoms with E-state index >= 15 is 0 Å². The Morgan fingerprint density at radius 1 is 1.25 bits per heavy atom. The number of benzene rings is 2. The molecule has 2 aromatic heterocycles. The second kappa shape index (κ2) is 6.88. The zero-order valence-electron chi connectivity index (χ0n) is 17.3. The maximum atomic E-state index is 14.7. The number of aryl methyl sites for hydroxylation is 1. The summed E-state index contributed by atoms with van der Waals surface area (Å²) in [6.45, 7) is 2.05. The van der Waals surface area contributed by atoms with Gasteiger partial charge >= 0.3 is 5.97 Å². The summed E-state index contributed by atoms with van der Waals surface area (Å²) in [4.78, 5) is 15.6. The van der Waals surface area contributed by atoms with E-state index in [9.17, 15) is 14.3 Å². The summed E-state index contributed by atoms with van der Waals surface area (Å²) in [6, 6.07) is 13.0. The highest BCUT2D eigenvalue weighted by Gasteiger charge is 2.59. The average Bonchev–Trinajstić information content (AvgIpc) is 3.15. The summed E-state index contributed by atoms with van der Waals surface area (Å²) in [5.41, 5.74) is 5.33. The highest BCUT2D eigenvalue weighted by Crippen LogP contribution is 2.61. The van der Waals surface area contributed by atoms with Gasteiger partial charge in [-0.2, -0.15) is 5.10 Å². The van der Waals surface area contributed by atoms with Crippen LogP contribution in [-0.4, -0.2) is 25.8 Å². The van der Waals surface area contributed by atoms with Gasteiger partial charge in [0.2, 0.25) is 5.88 Å². The van der Waals surface area contributed by atoms with Gasteiger partial charge in [-0.25, -0.2) is 14.1 Å². The lowest BCUT2D eigenvalue weighted by atomic mass is 10.0. The van der Waals surface area contributed by atoms with Crippen molar-refractivity contribution in [1.29, 1.82) is 0 Å². The number of pyridine rings is 1. The van der Waals surface area contributed by atoms with Crippen LogP contribution in [0, 0.1) is 24.6 Å². The number of rotatable bonds is 5. The predicted octanol–water partition coefficient (Wildman–Crippen LogP) is 4.42. The van der Waals surface area contributed by atoms with Gasteiger partial charge in [-0.3, -0.25) is 4.79 Å². The largest absolute Gasteiger partial charge is 0.481 e. The molecule has 2 aliphatic rings. The van der Waals surface area contributed by atoms with Crippen molar-refractivity contribution in [2.45, 2.75) is 25.9 Å². The van der Waals surface area contributed by atoms with E-state index in [1.54, 1.807) is 18.5 Å². The molecule has 2 aromatic carbocycles. The SMILES string of the molecule is Cc1ccccc1-n1ncc2cc(F)c(COc3cc4c(cn3)[C@H]3[C@@H](C4)[C@@H]3C(=O)O)cc21. The van der Waals surface area contributed by atoms with Crippen molar-refractivity contribution >= 4 is 16.9 Å². The van der Waals surface area contributed by atoms with Gasteiger partial charge in [0.15, 0.2) is 0 Å². The number of nitrogens with zero attached hydrogens (tertiary/aromatic N) is 3. The Labute approximate surface area is 183 Å². The predicted molar refractivity (Wildman–Crippen MR) is 115 cm³/mol. The first kappa shape index (κ1) is 19.0. The van der Waals surface area contributed by atoms with Gasteiger partial charge in [0.1, 0.15) is 12.4 Å². The fourth-order valence-corrected chi connectivity index (χ4v) is 5.03. The third-order valence-corrected chi connectivity index (χ3v) is 6.72. The number of fused-ring (bicyclic) bond motifs is 4. The molecule has 0 aliphatic heterocycles. The lowest BCUT2D eigenvalue weighted by Gasteiger charge is -2.11. The average molecular weight is 429 g/mol. The number of aliphatic carboxylic acids is 1. The molecule has 160 valence electrons. The van der Waals surface area contributed by atoms with Gasteiger partial charge in [-0.05, 0) is 54.2 Å². The molecule has 1 fully saturated rings. The van der Waals surface area contributed by atoms with Crippen LogP contribution in [0.2, 0.25) is 0 Å². The van der Waals surface area contributed by atoms with Crippen LogP contribution in [0.3, 0.4) is 0 Å². The monoisotopic (exact) mass is 429 g/mol. The molecule has 32 heavy (non-hydrogen) atoms. The van der Waals surface area contributed by atoms with Crippen molar-refractivity contribution in [2.24, 2.45) is 11.8 Å². The molecule has 0 bridgehead atoms. The molecule has 3 atom stereocenters. The second-order valence-corrected chi connectivity index (χ2v) is 8.61. The van der Waals surface area contributed by atoms with Gasteiger partial charge in [-0.1, -0.05) is 18.2 Å². The molecule has 7 heteroatoms. The molecule has 0 saturated heterocycles. The summed E-state index contributed by atoms with van der Waals surface area (Å²) in [6.07, 6.45) is 4.10. The summed E-state index contributed by atoms with van der Waals surface area (Å²) >= 11 is 0. The van der Waals surface area contributed by atoms with Crippen LogP contribution in [0.4, 0.5) is 4.39 Å². The van der Waals surface area contributed by atoms with E-state index in [1.165, 1.54) is 6.07 Å². The van der Waals surface area contributed by atoms with E-state index in [4.69, 9.17) is 4.74 Å². The minimum absolute atomic E-state index is 0.0388. The van der Waals surface area contributed by atoms with Crippen molar-refractivity contribution in [3.63, 3.8) is 0 Å².